The number of aryl methyl sites for hydroxylation is 1. The zero-order chi connectivity index (χ0) is 24.0. The summed E-state index contributed by atoms with van der Waals surface area (Å²) < 4.78 is 21.8. The van der Waals surface area contributed by atoms with Gasteiger partial charge in [-0.05, 0) is 53.9 Å². The third-order valence-corrected chi connectivity index (χ3v) is 6.50. The van der Waals surface area contributed by atoms with Crippen molar-refractivity contribution in [2.24, 2.45) is 0 Å². The molecular formula is C25H22ClFN4O3. The molecule has 2 aromatic heterocycles. The number of nitrogens with zero attached hydrogens (tertiary/aromatic N) is 4. The number of carbonyl (C=O) groups excluding carboxylic acids is 1. The van der Waals surface area contributed by atoms with Gasteiger partial charge < -0.3 is 9.64 Å². The Morgan fingerprint density at radius 1 is 1.09 bits per heavy atom. The van der Waals surface area contributed by atoms with Gasteiger partial charge >= 0.3 is 5.69 Å². The molecule has 0 saturated carbocycles. The first-order chi connectivity index (χ1) is 16.4. The second-order valence-electron chi connectivity index (χ2n) is 8.19. The maximum atomic E-state index is 13.6. The van der Waals surface area contributed by atoms with Gasteiger partial charge in [0.15, 0.2) is 5.65 Å². The molecule has 4 aromatic rings. The second kappa shape index (κ2) is 8.61. The molecule has 0 spiro atoms. The van der Waals surface area contributed by atoms with Crippen LogP contribution < -0.4 is 10.4 Å². The van der Waals surface area contributed by atoms with Crippen LogP contribution in [0.15, 0.2) is 53.5 Å². The molecule has 0 N–H and O–H groups in total. The molecule has 0 aliphatic carbocycles. The monoisotopic (exact) mass is 480 g/mol. The highest BCUT2D eigenvalue weighted by Crippen LogP contribution is 2.28. The van der Waals surface area contributed by atoms with Crippen molar-refractivity contribution in [3.8, 4) is 16.9 Å². The van der Waals surface area contributed by atoms with E-state index >= 15 is 0 Å². The number of methoxy groups -OCH3 is 1. The number of pyridine rings is 1. The molecule has 1 aliphatic rings. The lowest BCUT2D eigenvalue weighted by Crippen LogP contribution is -2.34. The number of carbonyl (C=O) groups is 1. The predicted octanol–water partition coefficient (Wildman–Crippen LogP) is 4.23. The Hall–Kier alpha value is -3.65. The molecule has 0 fully saturated rings. The fourth-order valence-corrected chi connectivity index (χ4v) is 4.56. The van der Waals surface area contributed by atoms with E-state index in [4.69, 9.17) is 16.3 Å². The molecule has 3 heterocycles. The van der Waals surface area contributed by atoms with E-state index in [1.807, 2.05) is 31.2 Å². The normalized spacial score (nSPS) is 12.9. The minimum Gasteiger partial charge on any atom is -0.497 e. The summed E-state index contributed by atoms with van der Waals surface area (Å²) in [5.74, 6) is 0.0819. The Kier molecular flexibility index (Phi) is 5.61. The molecular weight excluding hydrogens is 459 g/mol. The van der Waals surface area contributed by atoms with Gasteiger partial charge in [0.2, 0.25) is 5.91 Å². The maximum absolute atomic E-state index is 13.6. The van der Waals surface area contributed by atoms with Gasteiger partial charge in [-0.1, -0.05) is 23.7 Å². The summed E-state index contributed by atoms with van der Waals surface area (Å²) in [6, 6.07) is 12.0. The Morgan fingerprint density at radius 3 is 2.62 bits per heavy atom. The van der Waals surface area contributed by atoms with Crippen molar-refractivity contribution in [3.63, 3.8) is 0 Å². The highest BCUT2D eigenvalue weighted by atomic mass is 35.5. The minimum absolute atomic E-state index is 0.0119. The van der Waals surface area contributed by atoms with Gasteiger partial charge in [-0.2, -0.15) is 0 Å². The van der Waals surface area contributed by atoms with Crippen LogP contribution in [0.5, 0.6) is 5.75 Å². The lowest BCUT2D eigenvalue weighted by molar-refractivity contribution is -0.132. The lowest BCUT2D eigenvalue weighted by atomic mass is 10.1. The molecule has 9 heteroatoms. The number of hydrogen-bond donors (Lipinski definition) is 0. The number of imidazole rings is 1. The van der Waals surface area contributed by atoms with Crippen LogP contribution in [0, 0.1) is 5.82 Å². The minimum atomic E-state index is -0.503. The standard InChI is InChI=1S/C25H22ClFN4O3/c1-3-30-22-10-17(15-5-7-21(27)20(26)9-15)11-28-24(22)31(25(30)33)14-23(32)29-12-16-4-6-19(34-2)8-18(16)13-29/h4-11H,3,12-14H2,1-2H3. The van der Waals surface area contributed by atoms with Crippen molar-refractivity contribution in [2.75, 3.05) is 7.11 Å². The number of rotatable bonds is 5. The van der Waals surface area contributed by atoms with Gasteiger partial charge in [0.25, 0.3) is 0 Å². The molecule has 0 bridgehead atoms. The molecule has 2 aromatic carbocycles. The van der Waals surface area contributed by atoms with Gasteiger partial charge in [-0.15, -0.1) is 0 Å². The third-order valence-electron chi connectivity index (χ3n) is 6.21. The summed E-state index contributed by atoms with van der Waals surface area (Å²) in [5.41, 5.74) is 4.22. The second-order valence-corrected chi connectivity index (χ2v) is 8.60. The van der Waals surface area contributed by atoms with Crippen LogP contribution in [0.3, 0.4) is 0 Å². The van der Waals surface area contributed by atoms with Crippen molar-refractivity contribution in [1.29, 1.82) is 0 Å². The fraction of sp³-hybridized carbons (Fsp3) is 0.240. The molecule has 174 valence electrons. The summed E-state index contributed by atoms with van der Waals surface area (Å²) in [4.78, 5) is 32.5. The quantitative estimate of drug-likeness (QED) is 0.428. The summed E-state index contributed by atoms with van der Waals surface area (Å²) >= 11 is 5.94. The van der Waals surface area contributed by atoms with Gasteiger partial charge in [0.1, 0.15) is 18.1 Å². The van der Waals surface area contributed by atoms with Gasteiger partial charge in [-0.25, -0.2) is 14.2 Å². The summed E-state index contributed by atoms with van der Waals surface area (Å²) in [6.45, 7) is 3.12. The Balaban J connectivity index is 1.46. The Bertz CT molecular complexity index is 1490. The van der Waals surface area contributed by atoms with Crippen LogP contribution in [-0.2, 0) is 31.0 Å². The number of fused-ring (bicyclic) bond motifs is 2. The van der Waals surface area contributed by atoms with Crippen molar-refractivity contribution in [2.45, 2.75) is 33.1 Å². The van der Waals surface area contributed by atoms with Crippen molar-refractivity contribution < 1.29 is 13.9 Å². The molecule has 0 radical (unpaired) electrons. The number of amides is 1. The van der Waals surface area contributed by atoms with Gasteiger partial charge in [-0.3, -0.25) is 13.9 Å². The van der Waals surface area contributed by atoms with E-state index in [-0.39, 0.29) is 23.2 Å². The van der Waals surface area contributed by atoms with Gasteiger partial charge in [0.05, 0.1) is 17.6 Å². The first-order valence-electron chi connectivity index (χ1n) is 10.9. The summed E-state index contributed by atoms with van der Waals surface area (Å²) in [5, 5.41) is 0.0119. The van der Waals surface area contributed by atoms with E-state index in [0.717, 1.165) is 16.9 Å². The average molecular weight is 481 g/mol. The predicted molar refractivity (Wildman–Crippen MR) is 127 cm³/mol. The average Bonchev–Trinajstić information content (AvgIpc) is 3.38. The van der Waals surface area contributed by atoms with Crippen LogP contribution in [0.1, 0.15) is 18.1 Å². The van der Waals surface area contributed by atoms with E-state index in [2.05, 4.69) is 4.98 Å². The number of ether oxygens (including phenoxy) is 1. The molecule has 0 atom stereocenters. The first kappa shape index (κ1) is 22.2. The van der Waals surface area contributed by atoms with E-state index in [0.29, 0.717) is 41.9 Å². The largest absolute Gasteiger partial charge is 0.497 e. The molecule has 7 nitrogen and oxygen atoms in total. The highest BCUT2D eigenvalue weighted by Gasteiger charge is 2.26. The molecule has 1 aliphatic heterocycles. The Morgan fingerprint density at radius 2 is 1.88 bits per heavy atom. The van der Waals surface area contributed by atoms with E-state index < -0.39 is 5.82 Å². The van der Waals surface area contributed by atoms with Crippen LogP contribution in [0.25, 0.3) is 22.3 Å². The van der Waals surface area contributed by atoms with Crippen molar-refractivity contribution in [1.82, 2.24) is 19.0 Å². The number of aromatic nitrogens is 3. The molecule has 34 heavy (non-hydrogen) atoms. The summed E-state index contributed by atoms with van der Waals surface area (Å²) in [6.07, 6.45) is 1.60. The first-order valence-corrected chi connectivity index (χ1v) is 11.3. The van der Waals surface area contributed by atoms with E-state index in [1.54, 1.807) is 28.8 Å². The van der Waals surface area contributed by atoms with Crippen molar-refractivity contribution in [3.05, 3.63) is 81.1 Å². The molecule has 0 unspecified atom stereocenters. The van der Waals surface area contributed by atoms with E-state index in [9.17, 15) is 14.0 Å². The fourth-order valence-electron chi connectivity index (χ4n) is 4.38. The van der Waals surface area contributed by atoms with Crippen LogP contribution >= 0.6 is 11.6 Å². The maximum Gasteiger partial charge on any atom is 0.330 e. The SMILES string of the molecule is CCn1c(=O)n(CC(=O)N2Cc3ccc(OC)cc3C2)c2ncc(-c3ccc(F)c(Cl)c3)cc21. The zero-order valence-electron chi connectivity index (χ0n) is 18.7. The summed E-state index contributed by atoms with van der Waals surface area (Å²) in [7, 11) is 1.61. The zero-order valence-corrected chi connectivity index (χ0v) is 19.5. The highest BCUT2D eigenvalue weighted by molar-refractivity contribution is 6.31. The topological polar surface area (TPSA) is 69.4 Å². The number of hydrogen-bond acceptors (Lipinski definition) is 4. The molecule has 0 saturated heterocycles. The van der Waals surface area contributed by atoms with Crippen LogP contribution in [0.4, 0.5) is 4.39 Å². The van der Waals surface area contributed by atoms with Gasteiger partial charge in [0, 0.05) is 31.4 Å². The third kappa shape index (κ3) is 3.74. The molecule has 1 amide bonds. The van der Waals surface area contributed by atoms with Crippen LogP contribution in [0.2, 0.25) is 5.02 Å². The number of benzene rings is 2. The van der Waals surface area contributed by atoms with Crippen molar-refractivity contribution >= 4 is 28.7 Å². The molecule has 5 rings (SSSR count). The van der Waals surface area contributed by atoms with Crippen LogP contribution in [-0.4, -0.2) is 32.0 Å². The lowest BCUT2D eigenvalue weighted by Gasteiger charge is -2.15. The number of halogens is 2. The van der Waals surface area contributed by atoms with E-state index in [1.165, 1.54) is 16.7 Å². The smallest absolute Gasteiger partial charge is 0.330 e. The Labute approximate surface area is 200 Å².